The van der Waals surface area contributed by atoms with Gasteiger partial charge in [0.25, 0.3) is 0 Å². The zero-order chi connectivity index (χ0) is 16.9. The molecule has 2 aromatic heterocycles. The minimum Gasteiger partial charge on any atom is -0.393 e. The summed E-state index contributed by atoms with van der Waals surface area (Å²) in [5, 5.41) is 19.4. The molecule has 2 aromatic rings. The summed E-state index contributed by atoms with van der Waals surface area (Å²) in [6.45, 7) is 0.118. The van der Waals surface area contributed by atoms with Gasteiger partial charge < -0.3 is 20.7 Å². The molecular weight excluding hydrogens is 316 g/mol. The van der Waals surface area contributed by atoms with Gasteiger partial charge in [-0.2, -0.15) is 4.98 Å². The van der Waals surface area contributed by atoms with E-state index in [0.29, 0.717) is 0 Å². The quantitative estimate of drug-likeness (QED) is 0.567. The molecule has 1 saturated heterocycles. The molecule has 0 bridgehead atoms. The molecule has 0 spiro atoms. The van der Waals surface area contributed by atoms with Crippen LogP contribution in [0.3, 0.4) is 0 Å². The highest BCUT2D eigenvalue weighted by Gasteiger charge is 2.59. The van der Waals surface area contributed by atoms with E-state index in [2.05, 4.69) is 15.0 Å². The molecule has 0 amide bonds. The first-order valence-electron chi connectivity index (χ1n) is 6.79. The molecule has 1 unspecified atom stereocenters. The maximum atomic E-state index is 14.5. The number of hydrogen-bond donors (Lipinski definition) is 4. The number of rotatable bonds is 3. The molecule has 23 heavy (non-hydrogen) atoms. The third kappa shape index (κ3) is 2.11. The van der Waals surface area contributed by atoms with Gasteiger partial charge in [0.1, 0.15) is 23.6 Å². The summed E-state index contributed by atoms with van der Waals surface area (Å²) >= 11 is 0. The Kier molecular flexibility index (Phi) is 3.58. The number of hydrogen-bond acceptors (Lipinski definition) is 7. The van der Waals surface area contributed by atoms with Crippen molar-refractivity contribution >= 4 is 17.0 Å². The van der Waals surface area contributed by atoms with Crippen molar-refractivity contribution < 1.29 is 23.7 Å². The molecule has 1 aliphatic rings. The van der Waals surface area contributed by atoms with E-state index in [9.17, 15) is 23.8 Å². The first-order valence-corrected chi connectivity index (χ1v) is 6.79. The normalized spacial score (nSPS) is 32.5. The molecule has 5 N–H and O–H groups in total. The lowest BCUT2D eigenvalue weighted by molar-refractivity contribution is -0.159. The number of halogens is 2. The van der Waals surface area contributed by atoms with E-state index in [1.165, 1.54) is 0 Å². The van der Waals surface area contributed by atoms with Gasteiger partial charge in [-0.1, -0.05) is 0 Å². The van der Waals surface area contributed by atoms with Crippen LogP contribution in [-0.2, 0) is 4.74 Å². The highest BCUT2D eigenvalue weighted by atomic mass is 19.1. The minimum atomic E-state index is -2.12. The Bertz CT molecular complexity index is 793. The number of aliphatic hydroxyl groups excluding tert-OH is 2. The molecule has 3 rings (SSSR count). The number of nitrogen functional groups attached to an aromatic ring is 1. The SMILES string of the molecule is CC(F)[C@]1(CO)O[C@@H](n2cnc3c(N)[nH]c(=O)nc32)[C@H](F)[C@@H]1O. The number of fused-ring (bicyclic) bond motifs is 1. The number of ether oxygens (including phenoxy) is 1. The van der Waals surface area contributed by atoms with Crippen LogP contribution in [0.1, 0.15) is 13.2 Å². The van der Waals surface area contributed by atoms with Crippen LogP contribution < -0.4 is 11.4 Å². The van der Waals surface area contributed by atoms with E-state index in [-0.39, 0.29) is 17.0 Å². The zero-order valence-electron chi connectivity index (χ0n) is 12.0. The van der Waals surface area contributed by atoms with Gasteiger partial charge in [0.2, 0.25) is 0 Å². The second-order valence-corrected chi connectivity index (χ2v) is 5.41. The second kappa shape index (κ2) is 5.22. The predicted octanol–water partition coefficient (Wildman–Crippen LogP) is -0.981. The number of aliphatic hydroxyl groups is 2. The van der Waals surface area contributed by atoms with Crippen LogP contribution >= 0.6 is 0 Å². The number of aromatic nitrogens is 4. The van der Waals surface area contributed by atoms with Crippen LogP contribution in [-0.4, -0.2) is 60.4 Å². The fourth-order valence-corrected chi connectivity index (χ4v) is 2.72. The predicted molar refractivity (Wildman–Crippen MR) is 74.0 cm³/mol. The number of H-pyrrole nitrogens is 1. The monoisotopic (exact) mass is 331 g/mol. The summed E-state index contributed by atoms with van der Waals surface area (Å²) in [7, 11) is 0. The lowest BCUT2D eigenvalue weighted by Crippen LogP contribution is -2.52. The standard InChI is InChI=1S/C12H15F2N5O4/c1-4(13)12(2-20)7(21)5(14)10(23-12)19-3-16-6-8(15)17-11(22)18-9(6)19/h3-5,7,10,20-21H,2H2,1H3,(H3,15,17,18,22)/t4?,5-,7+,10-,12+/m1/s1. The fraction of sp³-hybridized carbons (Fsp3) is 0.583. The second-order valence-electron chi connectivity index (χ2n) is 5.41. The summed E-state index contributed by atoms with van der Waals surface area (Å²) in [5.74, 6) is -0.0695. The Morgan fingerprint density at radius 1 is 1.65 bits per heavy atom. The first kappa shape index (κ1) is 15.8. The summed E-state index contributed by atoms with van der Waals surface area (Å²) in [6, 6.07) is 0. The van der Waals surface area contributed by atoms with Crippen LogP contribution in [0.15, 0.2) is 11.1 Å². The Balaban J connectivity index is 2.11. The van der Waals surface area contributed by atoms with Crippen molar-refractivity contribution in [3.8, 4) is 0 Å². The number of anilines is 1. The van der Waals surface area contributed by atoms with E-state index >= 15 is 0 Å². The zero-order valence-corrected chi connectivity index (χ0v) is 12.0. The van der Waals surface area contributed by atoms with Gasteiger partial charge in [0.05, 0.1) is 12.9 Å². The van der Waals surface area contributed by atoms with Crippen LogP contribution in [0.5, 0.6) is 0 Å². The highest BCUT2D eigenvalue weighted by molar-refractivity contribution is 5.81. The molecular formula is C12H15F2N5O4. The van der Waals surface area contributed by atoms with Crippen LogP contribution in [0.2, 0.25) is 0 Å². The molecule has 11 heteroatoms. The van der Waals surface area contributed by atoms with Gasteiger partial charge in [-0.15, -0.1) is 0 Å². The molecule has 3 heterocycles. The fourth-order valence-electron chi connectivity index (χ4n) is 2.72. The molecule has 0 saturated carbocycles. The number of nitrogens with two attached hydrogens (primary N) is 1. The number of nitrogens with zero attached hydrogens (tertiary/aromatic N) is 3. The summed E-state index contributed by atoms with van der Waals surface area (Å²) in [6.07, 6.45) is -6.23. The van der Waals surface area contributed by atoms with E-state index in [1.54, 1.807) is 0 Å². The number of imidazole rings is 1. The average Bonchev–Trinajstić information content (AvgIpc) is 3.01. The van der Waals surface area contributed by atoms with Gasteiger partial charge >= 0.3 is 5.69 Å². The highest BCUT2D eigenvalue weighted by Crippen LogP contribution is 2.42. The molecule has 9 nitrogen and oxygen atoms in total. The van der Waals surface area contributed by atoms with Crippen LogP contribution in [0.25, 0.3) is 11.2 Å². The number of alkyl halides is 2. The molecule has 1 aliphatic heterocycles. The first-order chi connectivity index (χ1) is 10.8. The average molecular weight is 331 g/mol. The van der Waals surface area contributed by atoms with E-state index in [4.69, 9.17) is 10.5 Å². The lowest BCUT2D eigenvalue weighted by atomic mass is 9.92. The molecule has 1 fully saturated rings. The van der Waals surface area contributed by atoms with Crippen molar-refractivity contribution in [3.63, 3.8) is 0 Å². The van der Waals surface area contributed by atoms with E-state index < -0.39 is 42.6 Å². The van der Waals surface area contributed by atoms with Crippen LogP contribution in [0, 0.1) is 0 Å². The maximum absolute atomic E-state index is 14.5. The third-order valence-corrected chi connectivity index (χ3v) is 4.08. The molecule has 5 atom stereocenters. The summed E-state index contributed by atoms with van der Waals surface area (Å²) in [4.78, 5) is 21.2. The van der Waals surface area contributed by atoms with Crippen molar-refractivity contribution in [1.29, 1.82) is 0 Å². The summed E-state index contributed by atoms with van der Waals surface area (Å²) in [5.41, 5.74) is 2.73. The smallest absolute Gasteiger partial charge is 0.348 e. The van der Waals surface area contributed by atoms with Gasteiger partial charge in [-0.3, -0.25) is 9.55 Å². The van der Waals surface area contributed by atoms with Crippen molar-refractivity contribution in [3.05, 3.63) is 16.8 Å². The molecule has 0 radical (unpaired) electrons. The molecule has 0 aromatic carbocycles. The Hall–Kier alpha value is -2.11. The van der Waals surface area contributed by atoms with E-state index in [0.717, 1.165) is 17.8 Å². The molecule has 0 aliphatic carbocycles. The summed E-state index contributed by atoms with van der Waals surface area (Å²) < 4.78 is 34.6. The van der Waals surface area contributed by atoms with Gasteiger partial charge in [-0.05, 0) is 6.92 Å². The third-order valence-electron chi connectivity index (χ3n) is 4.08. The van der Waals surface area contributed by atoms with Crippen molar-refractivity contribution in [2.75, 3.05) is 12.3 Å². The number of nitrogens with one attached hydrogen (secondary N) is 1. The Morgan fingerprint density at radius 2 is 2.35 bits per heavy atom. The minimum absolute atomic E-state index is 0.0695. The van der Waals surface area contributed by atoms with Gasteiger partial charge in [-0.25, -0.2) is 18.6 Å². The number of aromatic amines is 1. The van der Waals surface area contributed by atoms with E-state index in [1.807, 2.05) is 0 Å². The van der Waals surface area contributed by atoms with Gasteiger partial charge in [0, 0.05) is 0 Å². The van der Waals surface area contributed by atoms with Crippen molar-refractivity contribution in [2.45, 2.75) is 37.2 Å². The topological polar surface area (TPSA) is 139 Å². The Morgan fingerprint density at radius 3 is 2.91 bits per heavy atom. The lowest BCUT2D eigenvalue weighted by Gasteiger charge is -2.30. The van der Waals surface area contributed by atoms with Crippen molar-refractivity contribution in [1.82, 2.24) is 19.5 Å². The van der Waals surface area contributed by atoms with Gasteiger partial charge in [0.15, 0.2) is 23.6 Å². The van der Waals surface area contributed by atoms with Crippen molar-refractivity contribution in [2.24, 2.45) is 0 Å². The maximum Gasteiger partial charge on any atom is 0.348 e. The molecule has 126 valence electrons. The van der Waals surface area contributed by atoms with Crippen LogP contribution in [0.4, 0.5) is 14.6 Å². The Labute approximate surface area is 127 Å². The largest absolute Gasteiger partial charge is 0.393 e.